The normalized spacial score (nSPS) is 24.1. The second kappa shape index (κ2) is 7.89. The quantitative estimate of drug-likeness (QED) is 0.857. The molecule has 1 aliphatic heterocycles. The van der Waals surface area contributed by atoms with Crippen molar-refractivity contribution in [3.8, 4) is 0 Å². The molecule has 1 aromatic rings. The topological polar surface area (TPSA) is 52.7 Å². The maximum atomic E-state index is 12.5. The maximum Gasteiger partial charge on any atom is 0.317 e. The molecule has 1 aliphatic carbocycles. The first-order chi connectivity index (χ1) is 12.0. The Morgan fingerprint density at radius 1 is 1.00 bits per heavy atom. The third-order valence-electron chi connectivity index (χ3n) is 5.63. The highest BCUT2D eigenvalue weighted by atomic mass is 16.2. The van der Waals surface area contributed by atoms with Gasteiger partial charge in [-0.05, 0) is 49.9 Å². The van der Waals surface area contributed by atoms with Crippen LogP contribution in [0.5, 0.6) is 0 Å². The Balaban J connectivity index is 1.51. The van der Waals surface area contributed by atoms with Crippen LogP contribution in [0.1, 0.15) is 49.9 Å². The summed E-state index contributed by atoms with van der Waals surface area (Å²) in [5.74, 6) is 0.670. The summed E-state index contributed by atoms with van der Waals surface area (Å²) in [6.07, 6.45) is 4.83. The number of anilines is 1. The first-order valence-corrected chi connectivity index (χ1v) is 9.46. The number of hydrogen-bond donors (Lipinski definition) is 1. The Kier molecular flexibility index (Phi) is 5.61. The van der Waals surface area contributed by atoms with Gasteiger partial charge in [0.1, 0.15) is 0 Å². The molecule has 1 aromatic carbocycles. The third kappa shape index (κ3) is 4.33. The van der Waals surface area contributed by atoms with Crippen molar-refractivity contribution < 1.29 is 9.59 Å². The molecular formula is C20H29N3O2. The molecule has 2 amide bonds. The van der Waals surface area contributed by atoms with Gasteiger partial charge in [0.25, 0.3) is 0 Å². The largest absolute Gasteiger partial charge is 0.368 e. The predicted octanol–water partition coefficient (Wildman–Crippen LogP) is 3.30. The summed E-state index contributed by atoms with van der Waals surface area (Å²) < 4.78 is 0. The number of ketones is 1. The van der Waals surface area contributed by atoms with E-state index in [1.165, 1.54) is 19.3 Å². The molecule has 2 atom stereocenters. The first kappa shape index (κ1) is 17.8. The first-order valence-electron chi connectivity index (χ1n) is 9.46. The Morgan fingerprint density at radius 2 is 1.64 bits per heavy atom. The van der Waals surface area contributed by atoms with Gasteiger partial charge in [-0.15, -0.1) is 0 Å². The number of piperazine rings is 1. The molecule has 5 nitrogen and oxygen atoms in total. The lowest BCUT2D eigenvalue weighted by molar-refractivity contribution is 0.101. The molecule has 1 saturated heterocycles. The van der Waals surface area contributed by atoms with Gasteiger partial charge >= 0.3 is 6.03 Å². The van der Waals surface area contributed by atoms with Crippen LogP contribution in [-0.2, 0) is 0 Å². The van der Waals surface area contributed by atoms with E-state index in [2.05, 4.69) is 17.1 Å². The molecule has 0 aromatic heterocycles. The van der Waals surface area contributed by atoms with E-state index in [-0.39, 0.29) is 11.8 Å². The molecule has 3 rings (SSSR count). The van der Waals surface area contributed by atoms with Crippen LogP contribution < -0.4 is 10.2 Å². The minimum absolute atomic E-state index is 0.0879. The Morgan fingerprint density at radius 3 is 2.24 bits per heavy atom. The van der Waals surface area contributed by atoms with Crippen molar-refractivity contribution in [1.82, 2.24) is 10.2 Å². The number of Topliss-reactive ketones (excluding diaryl/α,β-unsaturated/α-hetero) is 1. The molecular weight excluding hydrogens is 314 g/mol. The molecule has 2 fully saturated rings. The lowest BCUT2D eigenvalue weighted by atomic mass is 9.86. The van der Waals surface area contributed by atoms with E-state index in [0.29, 0.717) is 12.0 Å². The minimum atomic E-state index is 0.0879. The highest BCUT2D eigenvalue weighted by Crippen LogP contribution is 2.24. The predicted molar refractivity (Wildman–Crippen MR) is 100 cm³/mol. The monoisotopic (exact) mass is 343 g/mol. The summed E-state index contributed by atoms with van der Waals surface area (Å²) in [5, 5.41) is 3.24. The molecule has 1 N–H and O–H groups in total. The third-order valence-corrected chi connectivity index (χ3v) is 5.63. The molecule has 2 aliphatic rings. The average molecular weight is 343 g/mol. The smallest absolute Gasteiger partial charge is 0.317 e. The van der Waals surface area contributed by atoms with E-state index in [1.54, 1.807) is 6.92 Å². The van der Waals surface area contributed by atoms with Crippen molar-refractivity contribution in [2.75, 3.05) is 31.1 Å². The summed E-state index contributed by atoms with van der Waals surface area (Å²) >= 11 is 0. The standard InChI is InChI=1S/C20H29N3O2/c1-15-5-3-4-6-19(15)21-20(25)23-13-11-22(12-14-23)18-9-7-17(8-10-18)16(2)24/h7-10,15,19H,3-6,11-14H2,1-2H3,(H,21,25)/t15-,19-/m0/s1. The molecule has 1 saturated carbocycles. The number of urea groups is 1. The van der Waals surface area contributed by atoms with Crippen LogP contribution >= 0.6 is 0 Å². The van der Waals surface area contributed by atoms with Crippen molar-refractivity contribution in [1.29, 1.82) is 0 Å². The van der Waals surface area contributed by atoms with Gasteiger partial charge in [0.05, 0.1) is 0 Å². The highest BCUT2D eigenvalue weighted by molar-refractivity contribution is 5.94. The molecule has 136 valence electrons. The fourth-order valence-electron chi connectivity index (χ4n) is 3.86. The summed E-state index contributed by atoms with van der Waals surface area (Å²) in [7, 11) is 0. The van der Waals surface area contributed by atoms with Crippen molar-refractivity contribution in [2.24, 2.45) is 5.92 Å². The molecule has 0 bridgehead atoms. The van der Waals surface area contributed by atoms with E-state index in [9.17, 15) is 9.59 Å². The van der Waals surface area contributed by atoms with Gasteiger partial charge in [-0.3, -0.25) is 4.79 Å². The Bertz CT molecular complexity index is 606. The molecule has 0 spiro atoms. The number of carbonyl (C=O) groups is 2. The van der Waals surface area contributed by atoms with Crippen molar-refractivity contribution in [3.05, 3.63) is 29.8 Å². The number of amides is 2. The molecule has 5 heteroatoms. The maximum absolute atomic E-state index is 12.5. The number of hydrogen-bond acceptors (Lipinski definition) is 3. The van der Waals surface area contributed by atoms with Gasteiger partial charge in [-0.2, -0.15) is 0 Å². The lowest BCUT2D eigenvalue weighted by Gasteiger charge is -2.38. The molecule has 25 heavy (non-hydrogen) atoms. The Labute approximate surface area is 150 Å². The second-order valence-corrected chi connectivity index (χ2v) is 7.39. The van der Waals surface area contributed by atoms with E-state index in [4.69, 9.17) is 0 Å². The second-order valence-electron chi connectivity index (χ2n) is 7.39. The van der Waals surface area contributed by atoms with Gasteiger partial charge in [-0.25, -0.2) is 4.79 Å². The number of benzene rings is 1. The Hall–Kier alpha value is -2.04. The van der Waals surface area contributed by atoms with Gasteiger partial charge in [0.15, 0.2) is 5.78 Å². The van der Waals surface area contributed by atoms with E-state index >= 15 is 0 Å². The van der Waals surface area contributed by atoms with Crippen LogP contribution in [0.2, 0.25) is 0 Å². The van der Waals surface area contributed by atoms with Crippen LogP contribution in [0.25, 0.3) is 0 Å². The lowest BCUT2D eigenvalue weighted by Crippen LogP contribution is -2.54. The molecule has 0 unspecified atom stereocenters. The van der Waals surface area contributed by atoms with Crippen molar-refractivity contribution in [3.63, 3.8) is 0 Å². The van der Waals surface area contributed by atoms with Crippen LogP contribution in [0.15, 0.2) is 24.3 Å². The van der Waals surface area contributed by atoms with Gasteiger partial charge in [-0.1, -0.05) is 19.8 Å². The van der Waals surface area contributed by atoms with Crippen LogP contribution in [-0.4, -0.2) is 48.9 Å². The minimum Gasteiger partial charge on any atom is -0.368 e. The fraction of sp³-hybridized carbons (Fsp3) is 0.600. The summed E-state index contributed by atoms with van der Waals surface area (Å²) in [6, 6.07) is 8.16. The van der Waals surface area contributed by atoms with E-state index in [1.807, 2.05) is 29.2 Å². The van der Waals surface area contributed by atoms with Crippen molar-refractivity contribution in [2.45, 2.75) is 45.6 Å². The van der Waals surface area contributed by atoms with Crippen molar-refractivity contribution >= 4 is 17.5 Å². The number of nitrogens with zero attached hydrogens (tertiary/aromatic N) is 2. The number of nitrogens with one attached hydrogen (secondary N) is 1. The van der Waals surface area contributed by atoms with E-state index < -0.39 is 0 Å². The van der Waals surface area contributed by atoms with Crippen LogP contribution in [0.4, 0.5) is 10.5 Å². The molecule has 1 heterocycles. The zero-order chi connectivity index (χ0) is 17.8. The SMILES string of the molecule is CC(=O)c1ccc(N2CCN(C(=O)N[C@H]3CCCC[C@@H]3C)CC2)cc1. The van der Waals surface area contributed by atoms with Gasteiger partial charge in [0.2, 0.25) is 0 Å². The molecule has 0 radical (unpaired) electrons. The zero-order valence-electron chi connectivity index (χ0n) is 15.3. The average Bonchev–Trinajstić information content (AvgIpc) is 2.64. The summed E-state index contributed by atoms with van der Waals surface area (Å²) in [6.45, 7) is 6.95. The number of carbonyl (C=O) groups excluding carboxylic acids is 2. The van der Waals surface area contributed by atoms with E-state index in [0.717, 1.165) is 43.9 Å². The van der Waals surface area contributed by atoms with Crippen LogP contribution in [0, 0.1) is 5.92 Å². The van der Waals surface area contributed by atoms with Crippen LogP contribution in [0.3, 0.4) is 0 Å². The zero-order valence-corrected chi connectivity index (χ0v) is 15.3. The van der Waals surface area contributed by atoms with Gasteiger partial charge < -0.3 is 15.1 Å². The van der Waals surface area contributed by atoms with Gasteiger partial charge in [0, 0.05) is 43.5 Å². The highest BCUT2D eigenvalue weighted by Gasteiger charge is 2.27. The fourth-order valence-corrected chi connectivity index (χ4v) is 3.86. The summed E-state index contributed by atoms with van der Waals surface area (Å²) in [5.41, 5.74) is 1.86. The number of rotatable bonds is 3. The summed E-state index contributed by atoms with van der Waals surface area (Å²) in [4.78, 5) is 28.1.